The molecule has 2 nitrogen and oxygen atoms in total. The van der Waals surface area contributed by atoms with Gasteiger partial charge in [0.15, 0.2) is 0 Å². The van der Waals surface area contributed by atoms with Gasteiger partial charge in [0, 0.05) is 11.8 Å². The smallest absolute Gasteiger partial charge is 0.0634 e. The van der Waals surface area contributed by atoms with Gasteiger partial charge in [0.25, 0.3) is 0 Å². The van der Waals surface area contributed by atoms with Crippen LogP contribution in [-0.2, 0) is 0 Å². The zero-order valence-corrected chi connectivity index (χ0v) is 5.91. The predicted octanol–water partition coefficient (Wildman–Crippen LogP) is 1.91. The SMILES string of the molecule is [c]1ccc2c(c1)C=CC=NN2. The number of nitrogens with one attached hydrogen (secondary N) is 1. The Kier molecular flexibility index (Phi) is 1.44. The third kappa shape index (κ3) is 1.15. The molecule has 1 aromatic rings. The molecule has 1 heterocycles. The third-order valence-electron chi connectivity index (χ3n) is 1.52. The van der Waals surface area contributed by atoms with Crippen molar-refractivity contribution < 1.29 is 0 Å². The van der Waals surface area contributed by atoms with Crippen molar-refractivity contribution in [2.45, 2.75) is 0 Å². The summed E-state index contributed by atoms with van der Waals surface area (Å²) >= 11 is 0. The molecular formula is C9H7N2. The van der Waals surface area contributed by atoms with Crippen molar-refractivity contribution in [3.63, 3.8) is 0 Å². The van der Waals surface area contributed by atoms with E-state index in [0.29, 0.717) is 0 Å². The fourth-order valence-corrected chi connectivity index (χ4v) is 0.980. The van der Waals surface area contributed by atoms with Gasteiger partial charge < -0.3 is 0 Å². The molecule has 11 heavy (non-hydrogen) atoms. The number of hydrogen-bond acceptors (Lipinski definition) is 2. The van der Waals surface area contributed by atoms with E-state index in [-0.39, 0.29) is 0 Å². The number of hydrogen-bond donors (Lipinski definition) is 1. The van der Waals surface area contributed by atoms with Gasteiger partial charge in [0.05, 0.1) is 5.69 Å². The summed E-state index contributed by atoms with van der Waals surface area (Å²) in [7, 11) is 0. The molecule has 1 radical (unpaired) electrons. The number of nitrogens with zero attached hydrogens (tertiary/aromatic N) is 1. The van der Waals surface area contributed by atoms with E-state index >= 15 is 0 Å². The Morgan fingerprint density at radius 2 is 2.45 bits per heavy atom. The molecule has 0 bridgehead atoms. The molecule has 0 saturated carbocycles. The van der Waals surface area contributed by atoms with Crippen molar-refractivity contribution in [2.24, 2.45) is 5.10 Å². The maximum Gasteiger partial charge on any atom is 0.0634 e. The number of rotatable bonds is 0. The summed E-state index contributed by atoms with van der Waals surface area (Å²) < 4.78 is 0. The van der Waals surface area contributed by atoms with Crippen LogP contribution in [-0.4, -0.2) is 6.21 Å². The second kappa shape index (κ2) is 2.58. The average Bonchev–Trinajstić information content (AvgIpc) is 2.28. The van der Waals surface area contributed by atoms with Crippen molar-refractivity contribution in [2.75, 3.05) is 5.43 Å². The van der Waals surface area contributed by atoms with E-state index in [1.165, 1.54) is 0 Å². The molecule has 1 aliphatic rings. The zero-order chi connectivity index (χ0) is 7.52. The lowest BCUT2D eigenvalue weighted by Crippen LogP contribution is -1.88. The molecule has 0 aromatic heterocycles. The highest BCUT2D eigenvalue weighted by molar-refractivity contribution is 5.83. The van der Waals surface area contributed by atoms with Gasteiger partial charge in [-0.2, -0.15) is 5.10 Å². The van der Waals surface area contributed by atoms with Crippen molar-refractivity contribution in [1.82, 2.24) is 0 Å². The summed E-state index contributed by atoms with van der Waals surface area (Å²) in [5.41, 5.74) is 5.05. The summed E-state index contributed by atoms with van der Waals surface area (Å²) in [5.74, 6) is 0. The number of hydrazone groups is 1. The molecule has 0 fully saturated rings. The first-order valence-corrected chi connectivity index (χ1v) is 3.43. The van der Waals surface area contributed by atoms with Crippen LogP contribution in [0.3, 0.4) is 0 Å². The Bertz CT molecular complexity index is 313. The second-order valence-corrected chi connectivity index (χ2v) is 2.26. The third-order valence-corrected chi connectivity index (χ3v) is 1.52. The lowest BCUT2D eigenvalue weighted by molar-refractivity contribution is 1.35. The summed E-state index contributed by atoms with van der Waals surface area (Å²) in [4.78, 5) is 0. The van der Waals surface area contributed by atoms with E-state index in [4.69, 9.17) is 0 Å². The Morgan fingerprint density at radius 3 is 3.45 bits per heavy atom. The fourth-order valence-electron chi connectivity index (χ4n) is 0.980. The first-order chi connectivity index (χ1) is 5.47. The minimum atomic E-state index is 1.02. The Labute approximate surface area is 65.2 Å². The van der Waals surface area contributed by atoms with E-state index in [0.717, 1.165) is 11.3 Å². The van der Waals surface area contributed by atoms with Gasteiger partial charge >= 0.3 is 0 Å². The van der Waals surface area contributed by atoms with Crippen LogP contribution in [0.2, 0.25) is 0 Å². The van der Waals surface area contributed by atoms with Gasteiger partial charge in [-0.25, -0.2) is 0 Å². The largest absolute Gasteiger partial charge is 0.278 e. The van der Waals surface area contributed by atoms with Crippen molar-refractivity contribution >= 4 is 18.0 Å². The molecule has 0 unspecified atom stereocenters. The number of anilines is 1. The van der Waals surface area contributed by atoms with Crippen LogP contribution in [0.1, 0.15) is 5.56 Å². The first-order valence-electron chi connectivity index (χ1n) is 3.43. The zero-order valence-electron chi connectivity index (χ0n) is 5.91. The molecule has 1 N–H and O–H groups in total. The van der Waals surface area contributed by atoms with Crippen LogP contribution in [0.15, 0.2) is 29.4 Å². The molecule has 0 amide bonds. The average molecular weight is 143 g/mol. The standard InChI is InChI=1S/C9H7N2/c1-2-6-9-8(4-1)5-3-7-10-11-9/h2-7,11H. The predicted molar refractivity (Wildman–Crippen MR) is 46.4 cm³/mol. The second-order valence-electron chi connectivity index (χ2n) is 2.26. The Hall–Kier alpha value is -1.57. The van der Waals surface area contributed by atoms with Gasteiger partial charge in [-0.1, -0.05) is 12.1 Å². The minimum absolute atomic E-state index is 1.02. The summed E-state index contributed by atoms with van der Waals surface area (Å²) in [6.45, 7) is 0. The van der Waals surface area contributed by atoms with Crippen molar-refractivity contribution in [1.29, 1.82) is 0 Å². The molecule has 0 atom stereocenters. The van der Waals surface area contributed by atoms with Crippen molar-refractivity contribution in [3.05, 3.63) is 35.9 Å². The van der Waals surface area contributed by atoms with Crippen LogP contribution in [0.4, 0.5) is 5.69 Å². The van der Waals surface area contributed by atoms with Crippen LogP contribution < -0.4 is 5.43 Å². The van der Waals surface area contributed by atoms with Gasteiger partial charge in [0.1, 0.15) is 0 Å². The minimum Gasteiger partial charge on any atom is -0.278 e. The summed E-state index contributed by atoms with van der Waals surface area (Å²) in [6.07, 6.45) is 5.61. The van der Waals surface area contributed by atoms with Crippen molar-refractivity contribution in [3.8, 4) is 0 Å². The van der Waals surface area contributed by atoms with E-state index in [2.05, 4.69) is 16.6 Å². The maximum atomic E-state index is 3.94. The Morgan fingerprint density at radius 1 is 1.45 bits per heavy atom. The highest BCUT2D eigenvalue weighted by Gasteiger charge is 1.96. The number of allylic oxidation sites excluding steroid dienone is 1. The van der Waals surface area contributed by atoms with Gasteiger partial charge in [-0.3, -0.25) is 5.43 Å². The molecule has 0 aliphatic carbocycles. The molecule has 1 aliphatic heterocycles. The number of benzene rings is 1. The van der Waals surface area contributed by atoms with Crippen LogP contribution in [0.5, 0.6) is 0 Å². The highest BCUT2D eigenvalue weighted by atomic mass is 15.3. The number of fused-ring (bicyclic) bond motifs is 1. The van der Waals surface area contributed by atoms with Gasteiger partial charge in [-0.05, 0) is 24.3 Å². The molecule has 0 spiro atoms. The maximum absolute atomic E-state index is 3.94. The van der Waals surface area contributed by atoms with E-state index < -0.39 is 0 Å². The summed E-state index contributed by atoms with van der Waals surface area (Å²) in [5, 5.41) is 3.94. The summed E-state index contributed by atoms with van der Waals surface area (Å²) in [6, 6.07) is 8.73. The quantitative estimate of drug-likeness (QED) is 0.589. The monoisotopic (exact) mass is 143 g/mol. The first kappa shape index (κ1) is 6.16. The van der Waals surface area contributed by atoms with Crippen LogP contribution >= 0.6 is 0 Å². The van der Waals surface area contributed by atoms with Gasteiger partial charge in [-0.15, -0.1) is 0 Å². The topological polar surface area (TPSA) is 24.4 Å². The molecule has 0 saturated heterocycles. The lowest BCUT2D eigenvalue weighted by Gasteiger charge is -2.00. The van der Waals surface area contributed by atoms with E-state index in [1.807, 2.05) is 30.4 Å². The van der Waals surface area contributed by atoms with E-state index in [9.17, 15) is 0 Å². The normalized spacial score (nSPS) is 13.5. The van der Waals surface area contributed by atoms with Crippen LogP contribution in [0, 0.1) is 6.07 Å². The highest BCUT2D eigenvalue weighted by Crippen LogP contribution is 2.16. The molecule has 1 aromatic carbocycles. The molecule has 2 heteroatoms. The molecule has 53 valence electrons. The van der Waals surface area contributed by atoms with Gasteiger partial charge in [0.2, 0.25) is 0 Å². The Balaban J connectivity index is 2.52. The fraction of sp³-hybridized carbons (Fsp3) is 0. The lowest BCUT2D eigenvalue weighted by atomic mass is 10.2. The van der Waals surface area contributed by atoms with E-state index in [1.54, 1.807) is 6.21 Å². The molecular weight excluding hydrogens is 136 g/mol. The van der Waals surface area contributed by atoms with Crippen LogP contribution in [0.25, 0.3) is 6.08 Å². The molecule has 2 rings (SSSR count).